The first-order valence-corrected chi connectivity index (χ1v) is 6.13. The predicted molar refractivity (Wildman–Crippen MR) is 69.0 cm³/mol. The molecule has 0 unspecified atom stereocenters. The van der Waals surface area contributed by atoms with E-state index in [-0.39, 0.29) is 0 Å². The summed E-state index contributed by atoms with van der Waals surface area (Å²) in [7, 11) is 0. The highest BCUT2D eigenvalue weighted by Crippen LogP contribution is 2.23. The third-order valence-corrected chi connectivity index (χ3v) is 3.58. The second-order valence-corrected chi connectivity index (χ2v) is 4.72. The molecular formula is C15H24. The molecule has 0 spiro atoms. The molecule has 0 aliphatic heterocycles. The van der Waals surface area contributed by atoms with Gasteiger partial charge in [-0.2, -0.15) is 0 Å². The highest BCUT2D eigenvalue weighted by atomic mass is 14.1. The molecule has 0 fully saturated rings. The van der Waals surface area contributed by atoms with Crippen LogP contribution in [0.2, 0.25) is 0 Å². The van der Waals surface area contributed by atoms with Gasteiger partial charge in [-0.05, 0) is 70.1 Å². The van der Waals surface area contributed by atoms with Gasteiger partial charge in [0, 0.05) is 0 Å². The maximum absolute atomic E-state index is 2.33. The summed E-state index contributed by atoms with van der Waals surface area (Å²) in [6.45, 7) is 9.02. The number of hydrogen-bond donors (Lipinski definition) is 0. The van der Waals surface area contributed by atoms with Crippen LogP contribution in [0.1, 0.15) is 59.8 Å². The van der Waals surface area contributed by atoms with Crippen molar-refractivity contribution in [1.82, 2.24) is 0 Å². The lowest BCUT2D eigenvalue weighted by atomic mass is 9.96. The summed E-state index contributed by atoms with van der Waals surface area (Å²) in [5.74, 6) is 0. The Balaban J connectivity index is 2.98. The standard InChI is InChI=1S/C15H24/c1-12-10-8-6-5-7-9-11-13(2)15(4)14(12)3/h8,10H,5-7,9,11H2,1-4H3/b10-8-,14-12-,15-13-. The summed E-state index contributed by atoms with van der Waals surface area (Å²) < 4.78 is 0. The molecule has 0 amide bonds. The van der Waals surface area contributed by atoms with Crippen molar-refractivity contribution in [2.75, 3.05) is 0 Å². The van der Waals surface area contributed by atoms with Gasteiger partial charge in [0.2, 0.25) is 0 Å². The highest BCUT2D eigenvalue weighted by molar-refractivity contribution is 5.39. The van der Waals surface area contributed by atoms with Gasteiger partial charge >= 0.3 is 0 Å². The molecule has 1 aliphatic carbocycles. The monoisotopic (exact) mass is 204 g/mol. The second-order valence-electron chi connectivity index (χ2n) is 4.72. The van der Waals surface area contributed by atoms with Crippen LogP contribution in [-0.4, -0.2) is 0 Å². The largest absolute Gasteiger partial charge is 0.0843 e. The predicted octanol–water partition coefficient (Wildman–Crippen LogP) is 5.18. The van der Waals surface area contributed by atoms with Crippen LogP contribution in [0.25, 0.3) is 0 Å². The van der Waals surface area contributed by atoms with E-state index in [9.17, 15) is 0 Å². The molecule has 1 aliphatic rings. The minimum Gasteiger partial charge on any atom is -0.0843 e. The zero-order chi connectivity index (χ0) is 11.3. The van der Waals surface area contributed by atoms with Gasteiger partial charge in [-0.1, -0.05) is 24.1 Å². The SMILES string of the molecule is CC1=C(C)/C(C)=C(/C)CCCCC/C=C\1. The molecule has 0 aromatic carbocycles. The zero-order valence-corrected chi connectivity index (χ0v) is 10.7. The molecular weight excluding hydrogens is 180 g/mol. The molecule has 0 saturated heterocycles. The molecule has 0 radical (unpaired) electrons. The van der Waals surface area contributed by atoms with E-state index in [1.54, 1.807) is 5.57 Å². The molecule has 0 atom stereocenters. The fraction of sp³-hybridized carbons (Fsp3) is 0.600. The smallest absolute Gasteiger partial charge is 0.0317 e. The molecule has 0 heterocycles. The lowest BCUT2D eigenvalue weighted by Crippen LogP contribution is -1.89. The van der Waals surface area contributed by atoms with Crippen molar-refractivity contribution in [2.45, 2.75) is 59.8 Å². The van der Waals surface area contributed by atoms with E-state index in [4.69, 9.17) is 0 Å². The van der Waals surface area contributed by atoms with Gasteiger partial charge in [0.25, 0.3) is 0 Å². The van der Waals surface area contributed by atoms with Crippen molar-refractivity contribution in [3.05, 3.63) is 34.4 Å². The van der Waals surface area contributed by atoms with Crippen LogP contribution in [0.15, 0.2) is 34.4 Å². The topological polar surface area (TPSA) is 0 Å². The summed E-state index contributed by atoms with van der Waals surface area (Å²) in [6.07, 6.45) is 11.2. The summed E-state index contributed by atoms with van der Waals surface area (Å²) >= 11 is 0. The first kappa shape index (κ1) is 12.3. The van der Waals surface area contributed by atoms with Gasteiger partial charge in [0.05, 0.1) is 0 Å². The highest BCUT2D eigenvalue weighted by Gasteiger charge is 2.03. The van der Waals surface area contributed by atoms with E-state index in [1.807, 2.05) is 0 Å². The molecule has 0 saturated carbocycles. The third kappa shape index (κ3) is 3.70. The van der Waals surface area contributed by atoms with Gasteiger partial charge in [-0.3, -0.25) is 0 Å². The molecule has 15 heavy (non-hydrogen) atoms. The average Bonchev–Trinajstić information content (AvgIpc) is 2.25. The van der Waals surface area contributed by atoms with Crippen molar-refractivity contribution in [2.24, 2.45) is 0 Å². The van der Waals surface area contributed by atoms with Crippen molar-refractivity contribution in [3.8, 4) is 0 Å². The Morgan fingerprint density at radius 1 is 0.867 bits per heavy atom. The van der Waals surface area contributed by atoms with Crippen LogP contribution in [0, 0.1) is 0 Å². The maximum Gasteiger partial charge on any atom is -0.0317 e. The van der Waals surface area contributed by atoms with Gasteiger partial charge < -0.3 is 0 Å². The molecule has 0 nitrogen and oxygen atoms in total. The quantitative estimate of drug-likeness (QED) is 0.510. The van der Waals surface area contributed by atoms with E-state index in [0.29, 0.717) is 0 Å². The average molecular weight is 204 g/mol. The summed E-state index contributed by atoms with van der Waals surface area (Å²) in [4.78, 5) is 0. The number of rotatable bonds is 0. The summed E-state index contributed by atoms with van der Waals surface area (Å²) in [5.41, 5.74) is 5.96. The van der Waals surface area contributed by atoms with Crippen LogP contribution in [-0.2, 0) is 0 Å². The summed E-state index contributed by atoms with van der Waals surface area (Å²) in [5, 5.41) is 0. The minimum atomic E-state index is 1.24. The van der Waals surface area contributed by atoms with Crippen molar-refractivity contribution < 1.29 is 0 Å². The van der Waals surface area contributed by atoms with E-state index >= 15 is 0 Å². The first-order valence-electron chi connectivity index (χ1n) is 6.13. The van der Waals surface area contributed by atoms with E-state index < -0.39 is 0 Å². The Bertz CT molecular complexity index is 300. The Hall–Kier alpha value is -0.780. The fourth-order valence-corrected chi connectivity index (χ4v) is 2.02. The Labute approximate surface area is 94.8 Å². The Morgan fingerprint density at radius 3 is 2.33 bits per heavy atom. The minimum absolute atomic E-state index is 1.24. The van der Waals surface area contributed by atoms with Crippen LogP contribution in [0.3, 0.4) is 0 Å². The van der Waals surface area contributed by atoms with Gasteiger partial charge in [0.15, 0.2) is 0 Å². The molecule has 0 aromatic heterocycles. The third-order valence-electron chi connectivity index (χ3n) is 3.58. The lowest BCUT2D eigenvalue weighted by molar-refractivity contribution is 0.682. The molecule has 1 rings (SSSR count). The lowest BCUT2D eigenvalue weighted by Gasteiger charge is -2.10. The van der Waals surface area contributed by atoms with E-state index in [2.05, 4.69) is 39.8 Å². The van der Waals surface area contributed by atoms with Gasteiger partial charge in [0.1, 0.15) is 0 Å². The van der Waals surface area contributed by atoms with Gasteiger partial charge in [-0.25, -0.2) is 0 Å². The Morgan fingerprint density at radius 2 is 1.60 bits per heavy atom. The molecule has 0 aromatic rings. The van der Waals surface area contributed by atoms with E-state index in [1.165, 1.54) is 48.8 Å². The van der Waals surface area contributed by atoms with Crippen molar-refractivity contribution in [1.29, 1.82) is 0 Å². The second kappa shape index (κ2) is 5.95. The molecule has 0 bridgehead atoms. The maximum atomic E-state index is 2.33. The van der Waals surface area contributed by atoms with Crippen molar-refractivity contribution in [3.63, 3.8) is 0 Å². The molecule has 84 valence electrons. The number of allylic oxidation sites excluding steroid dienone is 6. The molecule has 0 heteroatoms. The van der Waals surface area contributed by atoms with E-state index in [0.717, 1.165) is 0 Å². The van der Waals surface area contributed by atoms with Crippen molar-refractivity contribution >= 4 is 0 Å². The fourth-order valence-electron chi connectivity index (χ4n) is 2.02. The zero-order valence-electron chi connectivity index (χ0n) is 10.7. The molecule has 0 N–H and O–H groups in total. The number of hydrogen-bond acceptors (Lipinski definition) is 0. The Kier molecular flexibility index (Phi) is 4.87. The van der Waals surface area contributed by atoms with Crippen LogP contribution >= 0.6 is 0 Å². The van der Waals surface area contributed by atoms with Crippen LogP contribution in [0.5, 0.6) is 0 Å². The van der Waals surface area contributed by atoms with Gasteiger partial charge in [-0.15, -0.1) is 0 Å². The van der Waals surface area contributed by atoms with Crippen LogP contribution in [0.4, 0.5) is 0 Å². The normalized spacial score (nSPS) is 32.3. The summed E-state index contributed by atoms with van der Waals surface area (Å²) in [6, 6.07) is 0. The van der Waals surface area contributed by atoms with Crippen LogP contribution < -0.4 is 0 Å². The first-order chi connectivity index (χ1) is 7.13.